The standard InChI is InChI=1S/C20H23N7O/c1-21-20-24-12-16(13-25-20)19(28)26-9-5-15(6-10-26)18-23-8-11-27(18)14-17-4-2-3-7-22-17/h2-4,7-8,11-13,15H,5-6,9-10,14H2,1H3,(H,21,24,25). The Kier molecular flexibility index (Phi) is 5.27. The summed E-state index contributed by atoms with van der Waals surface area (Å²) in [5.74, 6) is 1.90. The molecule has 3 aromatic heterocycles. The number of amides is 1. The highest BCUT2D eigenvalue weighted by Crippen LogP contribution is 2.28. The molecule has 1 aliphatic rings. The van der Waals surface area contributed by atoms with Crippen LogP contribution < -0.4 is 5.32 Å². The first-order chi connectivity index (χ1) is 13.7. The highest BCUT2D eigenvalue weighted by atomic mass is 16.2. The Hall–Kier alpha value is -3.29. The Morgan fingerprint density at radius 2 is 1.89 bits per heavy atom. The zero-order chi connectivity index (χ0) is 19.3. The zero-order valence-corrected chi connectivity index (χ0v) is 15.8. The van der Waals surface area contributed by atoms with Gasteiger partial charge in [0.2, 0.25) is 5.95 Å². The van der Waals surface area contributed by atoms with Gasteiger partial charge in [-0.3, -0.25) is 9.78 Å². The SMILES string of the molecule is CNc1ncc(C(=O)N2CCC(c3nccn3Cc3ccccn3)CC2)cn1. The van der Waals surface area contributed by atoms with Crippen LogP contribution in [0.2, 0.25) is 0 Å². The Labute approximate surface area is 163 Å². The van der Waals surface area contributed by atoms with E-state index in [0.717, 1.165) is 24.4 Å². The van der Waals surface area contributed by atoms with Gasteiger partial charge in [-0.25, -0.2) is 15.0 Å². The molecule has 0 radical (unpaired) electrons. The average molecular weight is 377 g/mol. The van der Waals surface area contributed by atoms with Crippen molar-refractivity contribution >= 4 is 11.9 Å². The minimum Gasteiger partial charge on any atom is -0.357 e. The molecule has 28 heavy (non-hydrogen) atoms. The van der Waals surface area contributed by atoms with E-state index in [2.05, 4.69) is 29.8 Å². The summed E-state index contributed by atoms with van der Waals surface area (Å²) in [7, 11) is 1.75. The van der Waals surface area contributed by atoms with Gasteiger partial charge in [0.05, 0.1) is 17.8 Å². The number of piperidine rings is 1. The first-order valence-electron chi connectivity index (χ1n) is 9.44. The third kappa shape index (κ3) is 3.85. The molecule has 1 fully saturated rings. The maximum atomic E-state index is 12.7. The third-order valence-corrected chi connectivity index (χ3v) is 5.08. The lowest BCUT2D eigenvalue weighted by Crippen LogP contribution is -2.38. The number of nitrogens with zero attached hydrogens (tertiary/aromatic N) is 6. The van der Waals surface area contributed by atoms with E-state index in [4.69, 9.17) is 0 Å². The molecule has 3 aromatic rings. The topological polar surface area (TPSA) is 88.8 Å². The summed E-state index contributed by atoms with van der Waals surface area (Å²) < 4.78 is 2.16. The van der Waals surface area contributed by atoms with Crippen molar-refractivity contribution < 1.29 is 4.79 Å². The monoisotopic (exact) mass is 377 g/mol. The van der Waals surface area contributed by atoms with Crippen LogP contribution in [0.1, 0.15) is 40.6 Å². The van der Waals surface area contributed by atoms with Gasteiger partial charge in [0.15, 0.2) is 0 Å². The van der Waals surface area contributed by atoms with E-state index < -0.39 is 0 Å². The van der Waals surface area contributed by atoms with Crippen molar-refractivity contribution in [3.05, 3.63) is 66.3 Å². The second kappa shape index (κ2) is 8.16. The van der Waals surface area contributed by atoms with Gasteiger partial charge in [-0.05, 0) is 25.0 Å². The fourth-order valence-electron chi connectivity index (χ4n) is 3.57. The molecule has 0 atom stereocenters. The van der Waals surface area contributed by atoms with E-state index in [-0.39, 0.29) is 5.91 Å². The number of carbonyl (C=O) groups excluding carboxylic acids is 1. The Morgan fingerprint density at radius 1 is 1.11 bits per heavy atom. The van der Waals surface area contributed by atoms with Crippen LogP contribution in [0.5, 0.6) is 0 Å². The quantitative estimate of drug-likeness (QED) is 0.733. The summed E-state index contributed by atoms with van der Waals surface area (Å²) in [4.78, 5) is 31.8. The van der Waals surface area contributed by atoms with E-state index in [1.807, 2.05) is 41.7 Å². The Bertz CT molecular complexity index is 915. The van der Waals surface area contributed by atoms with Gasteiger partial charge in [-0.2, -0.15) is 0 Å². The molecule has 1 amide bonds. The lowest BCUT2D eigenvalue weighted by molar-refractivity contribution is 0.0709. The summed E-state index contributed by atoms with van der Waals surface area (Å²) in [6, 6.07) is 5.94. The summed E-state index contributed by atoms with van der Waals surface area (Å²) >= 11 is 0. The minimum absolute atomic E-state index is 0.0158. The molecule has 8 nitrogen and oxygen atoms in total. The summed E-state index contributed by atoms with van der Waals surface area (Å²) in [6.45, 7) is 2.12. The number of imidazole rings is 1. The van der Waals surface area contributed by atoms with E-state index >= 15 is 0 Å². The molecule has 0 bridgehead atoms. The number of pyridine rings is 1. The van der Waals surface area contributed by atoms with E-state index in [1.165, 1.54) is 0 Å². The van der Waals surface area contributed by atoms with Crippen molar-refractivity contribution in [1.82, 2.24) is 29.4 Å². The molecule has 0 saturated carbocycles. The molecule has 0 unspecified atom stereocenters. The van der Waals surface area contributed by atoms with Gasteiger partial charge in [0.25, 0.3) is 5.91 Å². The Balaban J connectivity index is 1.39. The van der Waals surface area contributed by atoms with Crippen molar-refractivity contribution in [2.24, 2.45) is 0 Å². The van der Waals surface area contributed by atoms with Crippen LogP contribution in [0.4, 0.5) is 5.95 Å². The van der Waals surface area contributed by atoms with Gasteiger partial charge in [-0.15, -0.1) is 0 Å². The number of likely N-dealkylation sites (tertiary alicyclic amines) is 1. The highest BCUT2D eigenvalue weighted by molar-refractivity contribution is 5.93. The van der Waals surface area contributed by atoms with E-state index in [9.17, 15) is 4.79 Å². The first kappa shape index (κ1) is 18.1. The number of nitrogens with one attached hydrogen (secondary N) is 1. The van der Waals surface area contributed by atoms with Gasteiger partial charge in [0.1, 0.15) is 5.82 Å². The van der Waals surface area contributed by atoms with Crippen LogP contribution in [-0.4, -0.2) is 55.4 Å². The molecule has 0 spiro atoms. The number of aromatic nitrogens is 5. The van der Waals surface area contributed by atoms with Crippen molar-refractivity contribution in [3.8, 4) is 0 Å². The number of rotatable bonds is 5. The molecule has 0 aliphatic carbocycles. The van der Waals surface area contributed by atoms with E-state index in [1.54, 1.807) is 19.4 Å². The molecule has 1 N–H and O–H groups in total. The number of hydrogen-bond donors (Lipinski definition) is 1. The van der Waals surface area contributed by atoms with Crippen LogP contribution in [0, 0.1) is 0 Å². The average Bonchev–Trinajstić information content (AvgIpc) is 3.22. The van der Waals surface area contributed by atoms with Crippen molar-refractivity contribution in [2.45, 2.75) is 25.3 Å². The Morgan fingerprint density at radius 3 is 2.57 bits per heavy atom. The van der Waals surface area contributed by atoms with Crippen LogP contribution in [0.25, 0.3) is 0 Å². The molecule has 1 saturated heterocycles. The van der Waals surface area contributed by atoms with Crippen LogP contribution in [0.3, 0.4) is 0 Å². The zero-order valence-electron chi connectivity index (χ0n) is 15.8. The third-order valence-electron chi connectivity index (χ3n) is 5.08. The maximum Gasteiger partial charge on any atom is 0.256 e. The molecule has 4 heterocycles. The second-order valence-corrected chi connectivity index (χ2v) is 6.85. The summed E-state index contributed by atoms with van der Waals surface area (Å²) in [5.41, 5.74) is 1.54. The van der Waals surface area contributed by atoms with Crippen LogP contribution in [-0.2, 0) is 6.54 Å². The summed E-state index contributed by atoms with van der Waals surface area (Å²) in [6.07, 6.45) is 10.6. The fourth-order valence-corrected chi connectivity index (χ4v) is 3.57. The lowest BCUT2D eigenvalue weighted by atomic mass is 9.95. The highest BCUT2D eigenvalue weighted by Gasteiger charge is 2.27. The second-order valence-electron chi connectivity index (χ2n) is 6.85. The molecular formula is C20H23N7O. The van der Waals surface area contributed by atoms with Crippen molar-refractivity contribution in [3.63, 3.8) is 0 Å². The number of carbonyl (C=O) groups is 1. The minimum atomic E-state index is -0.0158. The van der Waals surface area contributed by atoms with Gasteiger partial charge >= 0.3 is 0 Å². The molecule has 0 aromatic carbocycles. The van der Waals surface area contributed by atoms with Crippen LogP contribution >= 0.6 is 0 Å². The van der Waals surface area contributed by atoms with Crippen LogP contribution in [0.15, 0.2) is 49.2 Å². The van der Waals surface area contributed by atoms with Crippen molar-refractivity contribution in [2.75, 3.05) is 25.5 Å². The first-order valence-corrected chi connectivity index (χ1v) is 9.44. The predicted molar refractivity (Wildman–Crippen MR) is 105 cm³/mol. The van der Waals surface area contributed by atoms with Crippen molar-refractivity contribution in [1.29, 1.82) is 0 Å². The molecular weight excluding hydrogens is 354 g/mol. The molecule has 1 aliphatic heterocycles. The van der Waals surface area contributed by atoms with Gasteiger partial charge in [0, 0.05) is 57.0 Å². The lowest BCUT2D eigenvalue weighted by Gasteiger charge is -2.32. The fraction of sp³-hybridized carbons (Fsp3) is 0.350. The maximum absolute atomic E-state index is 12.7. The molecule has 144 valence electrons. The predicted octanol–water partition coefficient (Wildman–Crippen LogP) is 2.18. The van der Waals surface area contributed by atoms with E-state index in [0.29, 0.717) is 37.1 Å². The van der Waals surface area contributed by atoms with Gasteiger partial charge in [-0.1, -0.05) is 6.07 Å². The smallest absolute Gasteiger partial charge is 0.256 e. The normalized spacial score (nSPS) is 14.8. The molecule has 8 heteroatoms. The van der Waals surface area contributed by atoms with Gasteiger partial charge < -0.3 is 14.8 Å². The largest absolute Gasteiger partial charge is 0.357 e. The molecule has 4 rings (SSSR count). The number of anilines is 1. The summed E-state index contributed by atoms with van der Waals surface area (Å²) in [5, 5.41) is 2.86. The number of hydrogen-bond acceptors (Lipinski definition) is 6.